The monoisotopic (exact) mass is 336 g/mol. The Bertz CT molecular complexity index is 474. The van der Waals surface area contributed by atoms with Crippen LogP contribution in [0.1, 0.15) is 26.7 Å². The third-order valence-electron chi connectivity index (χ3n) is 3.77. The van der Waals surface area contributed by atoms with Gasteiger partial charge in [-0.1, -0.05) is 13.8 Å². The zero-order chi connectivity index (χ0) is 15.9. The molecule has 7 heteroatoms. The van der Waals surface area contributed by atoms with Crippen LogP contribution in [0, 0.1) is 17.0 Å². The number of carbonyl (C=O) groups is 1. The van der Waals surface area contributed by atoms with Crippen LogP contribution in [0.25, 0.3) is 0 Å². The van der Waals surface area contributed by atoms with Gasteiger partial charge < -0.3 is 15.8 Å². The molecule has 0 fully saturated rings. The fraction of sp³-hybridized carbons (Fsp3) is 0.533. The molecule has 0 aliphatic heterocycles. The molecule has 1 aromatic rings. The van der Waals surface area contributed by atoms with Gasteiger partial charge in [-0.2, -0.15) is 0 Å². The average Bonchev–Trinajstić information content (AvgIpc) is 2.48. The van der Waals surface area contributed by atoms with E-state index in [-0.39, 0.29) is 43.8 Å². The van der Waals surface area contributed by atoms with E-state index in [2.05, 4.69) is 5.32 Å². The minimum absolute atomic E-state index is 0. The van der Waals surface area contributed by atoms with Gasteiger partial charge in [0.1, 0.15) is 12.4 Å². The molecule has 1 aromatic carbocycles. The van der Waals surface area contributed by atoms with Gasteiger partial charge in [-0.15, -0.1) is 12.4 Å². The first-order chi connectivity index (χ1) is 9.99. The third kappa shape index (κ3) is 5.10. The first-order valence-corrected chi connectivity index (χ1v) is 7.05. The summed E-state index contributed by atoms with van der Waals surface area (Å²) in [4.78, 5) is 12.1. The lowest BCUT2D eigenvalue weighted by atomic mass is 9.81. The van der Waals surface area contributed by atoms with Crippen LogP contribution in [0.15, 0.2) is 18.2 Å². The molecule has 0 spiro atoms. The molecule has 22 heavy (non-hydrogen) atoms. The molecule has 0 heterocycles. The molecule has 1 amide bonds. The molecule has 4 nitrogen and oxygen atoms in total. The quantitative estimate of drug-likeness (QED) is 0.717. The number of hydrogen-bond donors (Lipinski definition) is 2. The lowest BCUT2D eigenvalue weighted by Gasteiger charge is -2.28. The minimum Gasteiger partial charge on any atom is -0.489 e. The molecule has 0 saturated heterocycles. The van der Waals surface area contributed by atoms with Crippen LogP contribution >= 0.6 is 12.4 Å². The summed E-state index contributed by atoms with van der Waals surface area (Å²) in [5, 5.41) is 2.74. The standard InChI is InChI=1S/C15H22F2N2O2.ClH/c1-3-15(4-2,10-18)14(20)19-7-8-21-13-6-5-11(16)9-12(13)17;/h5-6,9H,3-4,7-8,10,18H2,1-2H3,(H,19,20);1H. The van der Waals surface area contributed by atoms with Gasteiger partial charge in [-0.05, 0) is 25.0 Å². The first-order valence-electron chi connectivity index (χ1n) is 7.05. The molecule has 1 rings (SSSR count). The summed E-state index contributed by atoms with van der Waals surface area (Å²) in [5.74, 6) is -1.59. The molecule has 0 aromatic heterocycles. The molecule has 0 aliphatic rings. The van der Waals surface area contributed by atoms with E-state index in [4.69, 9.17) is 10.5 Å². The van der Waals surface area contributed by atoms with Gasteiger partial charge in [0.25, 0.3) is 0 Å². The van der Waals surface area contributed by atoms with Gasteiger partial charge in [0, 0.05) is 12.6 Å². The predicted molar refractivity (Wildman–Crippen MR) is 84.2 cm³/mol. The largest absolute Gasteiger partial charge is 0.489 e. The number of nitrogens with one attached hydrogen (secondary N) is 1. The molecular formula is C15H23ClF2N2O2. The number of benzene rings is 1. The molecule has 3 N–H and O–H groups in total. The van der Waals surface area contributed by atoms with Crippen LogP contribution in [0.3, 0.4) is 0 Å². The zero-order valence-electron chi connectivity index (χ0n) is 12.8. The van der Waals surface area contributed by atoms with Crippen LogP contribution in [0.2, 0.25) is 0 Å². The molecule has 0 atom stereocenters. The Morgan fingerprint density at radius 1 is 1.32 bits per heavy atom. The molecular weight excluding hydrogens is 314 g/mol. The van der Waals surface area contributed by atoms with E-state index in [1.165, 1.54) is 6.07 Å². The molecule has 0 aliphatic carbocycles. The predicted octanol–water partition coefficient (Wildman–Crippen LogP) is 2.65. The highest BCUT2D eigenvalue weighted by Gasteiger charge is 2.32. The van der Waals surface area contributed by atoms with Crippen molar-refractivity contribution in [1.82, 2.24) is 5.32 Å². The van der Waals surface area contributed by atoms with Crippen molar-refractivity contribution in [2.24, 2.45) is 11.1 Å². The van der Waals surface area contributed by atoms with Crippen molar-refractivity contribution in [3.05, 3.63) is 29.8 Å². The number of carbonyl (C=O) groups excluding carboxylic acids is 1. The van der Waals surface area contributed by atoms with Gasteiger partial charge in [0.2, 0.25) is 5.91 Å². The van der Waals surface area contributed by atoms with Crippen molar-refractivity contribution in [2.75, 3.05) is 19.7 Å². The van der Waals surface area contributed by atoms with Crippen LogP contribution in [0.4, 0.5) is 8.78 Å². The smallest absolute Gasteiger partial charge is 0.227 e. The first kappa shape index (κ1) is 20.6. The van der Waals surface area contributed by atoms with Gasteiger partial charge in [0.05, 0.1) is 12.0 Å². The highest BCUT2D eigenvalue weighted by atomic mass is 35.5. The van der Waals surface area contributed by atoms with Crippen LogP contribution < -0.4 is 15.8 Å². The second kappa shape index (κ2) is 9.58. The SMILES string of the molecule is CCC(CC)(CN)C(=O)NCCOc1ccc(F)cc1F.Cl. The molecule has 0 bridgehead atoms. The lowest BCUT2D eigenvalue weighted by Crippen LogP contribution is -2.46. The summed E-state index contributed by atoms with van der Waals surface area (Å²) >= 11 is 0. The highest BCUT2D eigenvalue weighted by molar-refractivity contribution is 5.85. The van der Waals surface area contributed by atoms with Crippen LogP contribution in [-0.2, 0) is 4.79 Å². The number of amides is 1. The number of rotatable bonds is 8. The number of ether oxygens (including phenoxy) is 1. The van der Waals surface area contributed by atoms with Gasteiger partial charge in [-0.3, -0.25) is 4.79 Å². The number of hydrogen-bond acceptors (Lipinski definition) is 3. The Kier molecular flexibility index (Phi) is 8.97. The fourth-order valence-corrected chi connectivity index (χ4v) is 2.06. The summed E-state index contributed by atoms with van der Waals surface area (Å²) in [6, 6.07) is 3.08. The molecule has 0 radical (unpaired) electrons. The molecule has 0 unspecified atom stereocenters. The number of nitrogens with two attached hydrogens (primary N) is 1. The second-order valence-electron chi connectivity index (χ2n) is 4.87. The molecule has 126 valence electrons. The maximum absolute atomic E-state index is 13.3. The van der Waals surface area contributed by atoms with E-state index in [0.29, 0.717) is 12.8 Å². The number of halogens is 3. The van der Waals surface area contributed by atoms with E-state index in [1.54, 1.807) is 0 Å². The van der Waals surface area contributed by atoms with Gasteiger partial charge in [0.15, 0.2) is 11.6 Å². The average molecular weight is 337 g/mol. The Balaban J connectivity index is 0.00000441. The van der Waals surface area contributed by atoms with Gasteiger partial charge >= 0.3 is 0 Å². The summed E-state index contributed by atoms with van der Waals surface area (Å²) in [5.41, 5.74) is 5.11. The third-order valence-corrected chi connectivity index (χ3v) is 3.77. The van der Waals surface area contributed by atoms with Crippen molar-refractivity contribution in [3.63, 3.8) is 0 Å². The summed E-state index contributed by atoms with van der Waals surface area (Å²) < 4.78 is 31.2. The maximum atomic E-state index is 13.3. The van der Waals surface area contributed by atoms with Crippen molar-refractivity contribution in [2.45, 2.75) is 26.7 Å². The normalized spacial score (nSPS) is 10.8. The maximum Gasteiger partial charge on any atom is 0.227 e. The topological polar surface area (TPSA) is 64.4 Å². The Morgan fingerprint density at radius 2 is 1.95 bits per heavy atom. The van der Waals surface area contributed by atoms with Crippen molar-refractivity contribution >= 4 is 18.3 Å². The summed E-state index contributed by atoms with van der Waals surface area (Å²) in [7, 11) is 0. The summed E-state index contributed by atoms with van der Waals surface area (Å²) in [6.45, 7) is 4.44. The van der Waals surface area contributed by atoms with Gasteiger partial charge in [-0.25, -0.2) is 8.78 Å². The Morgan fingerprint density at radius 3 is 2.45 bits per heavy atom. The van der Waals surface area contributed by atoms with Crippen LogP contribution in [-0.4, -0.2) is 25.6 Å². The fourth-order valence-electron chi connectivity index (χ4n) is 2.06. The van der Waals surface area contributed by atoms with E-state index in [9.17, 15) is 13.6 Å². The highest BCUT2D eigenvalue weighted by Crippen LogP contribution is 2.24. The lowest BCUT2D eigenvalue weighted by molar-refractivity contribution is -0.131. The van der Waals surface area contributed by atoms with E-state index >= 15 is 0 Å². The summed E-state index contributed by atoms with van der Waals surface area (Å²) in [6.07, 6.45) is 1.30. The van der Waals surface area contributed by atoms with E-state index < -0.39 is 17.0 Å². The van der Waals surface area contributed by atoms with E-state index in [0.717, 1.165) is 12.1 Å². The van der Waals surface area contributed by atoms with Crippen LogP contribution in [0.5, 0.6) is 5.75 Å². The van der Waals surface area contributed by atoms with Crippen molar-refractivity contribution < 1.29 is 18.3 Å². The molecule has 0 saturated carbocycles. The Hall–Kier alpha value is -1.40. The minimum atomic E-state index is -0.764. The van der Waals surface area contributed by atoms with Crippen molar-refractivity contribution in [1.29, 1.82) is 0 Å². The zero-order valence-corrected chi connectivity index (χ0v) is 13.6. The second-order valence-corrected chi connectivity index (χ2v) is 4.87. The Labute approximate surface area is 135 Å². The van der Waals surface area contributed by atoms with E-state index in [1.807, 2.05) is 13.8 Å². The van der Waals surface area contributed by atoms with Crippen molar-refractivity contribution in [3.8, 4) is 5.75 Å².